The van der Waals surface area contributed by atoms with E-state index in [4.69, 9.17) is 0 Å². The van der Waals surface area contributed by atoms with Crippen LogP contribution in [0.4, 0.5) is 0 Å². The standard InChI is InChI=1S/C9H18OS/c1-3-4-5-6-9(10)7-8-11-2/h3-8H2,1-2H3. The van der Waals surface area contributed by atoms with Crippen molar-refractivity contribution in [3.05, 3.63) is 0 Å². The van der Waals surface area contributed by atoms with Crippen molar-refractivity contribution in [2.45, 2.75) is 39.0 Å². The topological polar surface area (TPSA) is 17.1 Å². The second kappa shape index (κ2) is 8.12. The van der Waals surface area contributed by atoms with Gasteiger partial charge in [-0.25, -0.2) is 0 Å². The molecule has 1 nitrogen and oxygen atoms in total. The Kier molecular flexibility index (Phi) is 8.13. The van der Waals surface area contributed by atoms with E-state index in [9.17, 15) is 4.79 Å². The molecule has 0 radical (unpaired) electrons. The van der Waals surface area contributed by atoms with Gasteiger partial charge in [0.05, 0.1) is 0 Å². The second-order valence-corrected chi connectivity index (χ2v) is 3.72. The maximum absolute atomic E-state index is 11.1. The summed E-state index contributed by atoms with van der Waals surface area (Å²) in [5.41, 5.74) is 0. The van der Waals surface area contributed by atoms with Gasteiger partial charge < -0.3 is 0 Å². The van der Waals surface area contributed by atoms with Crippen LogP contribution in [0.3, 0.4) is 0 Å². The molecule has 0 bridgehead atoms. The molecule has 0 spiro atoms. The smallest absolute Gasteiger partial charge is 0.133 e. The predicted octanol–water partition coefficient (Wildman–Crippen LogP) is 2.89. The van der Waals surface area contributed by atoms with E-state index in [1.807, 2.05) is 6.26 Å². The quantitative estimate of drug-likeness (QED) is 0.552. The Morgan fingerprint density at radius 3 is 2.55 bits per heavy atom. The molecule has 0 aliphatic carbocycles. The van der Waals surface area contributed by atoms with E-state index >= 15 is 0 Å². The SMILES string of the molecule is CCCCCC(=O)CCSC. The van der Waals surface area contributed by atoms with Crippen molar-refractivity contribution >= 4 is 17.5 Å². The van der Waals surface area contributed by atoms with Crippen LogP contribution in [-0.4, -0.2) is 17.8 Å². The highest BCUT2D eigenvalue weighted by molar-refractivity contribution is 7.98. The van der Waals surface area contributed by atoms with Crippen LogP contribution in [0.25, 0.3) is 0 Å². The summed E-state index contributed by atoms with van der Waals surface area (Å²) >= 11 is 1.75. The first kappa shape index (κ1) is 11.0. The number of ketones is 1. The van der Waals surface area contributed by atoms with Crippen molar-refractivity contribution in [1.82, 2.24) is 0 Å². The Morgan fingerprint density at radius 2 is 2.00 bits per heavy atom. The zero-order chi connectivity index (χ0) is 8.53. The summed E-state index contributed by atoms with van der Waals surface area (Å²) in [4.78, 5) is 11.1. The highest BCUT2D eigenvalue weighted by atomic mass is 32.2. The van der Waals surface area contributed by atoms with Crippen LogP contribution in [0.5, 0.6) is 0 Å². The van der Waals surface area contributed by atoms with Crippen molar-refractivity contribution in [2.75, 3.05) is 12.0 Å². The van der Waals surface area contributed by atoms with Crippen molar-refractivity contribution in [1.29, 1.82) is 0 Å². The van der Waals surface area contributed by atoms with Gasteiger partial charge in [0.25, 0.3) is 0 Å². The largest absolute Gasteiger partial charge is 0.300 e. The number of hydrogen-bond donors (Lipinski definition) is 0. The number of Topliss-reactive ketones (excluding diaryl/α,β-unsaturated/α-hetero) is 1. The number of carbonyl (C=O) groups excluding carboxylic acids is 1. The number of carbonyl (C=O) groups is 1. The summed E-state index contributed by atoms with van der Waals surface area (Å²) in [6, 6.07) is 0. The average molecular weight is 174 g/mol. The third-order valence-electron chi connectivity index (χ3n) is 1.64. The normalized spacial score (nSPS) is 10.0. The van der Waals surface area contributed by atoms with Crippen LogP contribution in [0.15, 0.2) is 0 Å². The molecule has 0 atom stereocenters. The van der Waals surface area contributed by atoms with Crippen LogP contribution in [0.1, 0.15) is 39.0 Å². The molecule has 0 rings (SSSR count). The van der Waals surface area contributed by atoms with Crippen molar-refractivity contribution in [3.63, 3.8) is 0 Å². The van der Waals surface area contributed by atoms with Gasteiger partial charge in [-0.1, -0.05) is 19.8 Å². The number of thioether (sulfide) groups is 1. The van der Waals surface area contributed by atoms with Crippen LogP contribution in [0.2, 0.25) is 0 Å². The van der Waals surface area contributed by atoms with Crippen LogP contribution in [0, 0.1) is 0 Å². The first-order valence-electron chi connectivity index (χ1n) is 4.32. The van der Waals surface area contributed by atoms with E-state index in [1.165, 1.54) is 12.8 Å². The minimum absolute atomic E-state index is 0.438. The molecular formula is C9H18OS. The highest BCUT2D eigenvalue weighted by Crippen LogP contribution is 2.04. The Balaban J connectivity index is 3.09. The summed E-state index contributed by atoms with van der Waals surface area (Å²) in [5.74, 6) is 1.43. The summed E-state index contributed by atoms with van der Waals surface area (Å²) in [7, 11) is 0. The van der Waals surface area contributed by atoms with Crippen LogP contribution in [-0.2, 0) is 4.79 Å². The van der Waals surface area contributed by atoms with E-state index in [1.54, 1.807) is 11.8 Å². The molecule has 0 aliphatic heterocycles. The van der Waals surface area contributed by atoms with E-state index in [0.29, 0.717) is 5.78 Å². The highest BCUT2D eigenvalue weighted by Gasteiger charge is 1.99. The predicted molar refractivity (Wildman–Crippen MR) is 52.1 cm³/mol. The molecule has 0 saturated carbocycles. The number of hydrogen-bond acceptors (Lipinski definition) is 2. The van der Waals surface area contributed by atoms with Crippen molar-refractivity contribution < 1.29 is 4.79 Å². The first-order valence-corrected chi connectivity index (χ1v) is 5.71. The van der Waals surface area contributed by atoms with Crippen LogP contribution < -0.4 is 0 Å². The molecule has 66 valence electrons. The molecule has 0 aromatic rings. The molecule has 0 aromatic heterocycles. The molecule has 0 heterocycles. The molecule has 0 saturated heterocycles. The Labute approximate surface area is 73.9 Å². The van der Waals surface area contributed by atoms with Gasteiger partial charge in [-0.3, -0.25) is 4.79 Å². The van der Waals surface area contributed by atoms with E-state index in [2.05, 4.69) is 6.92 Å². The summed E-state index contributed by atoms with van der Waals surface area (Å²) in [6.07, 6.45) is 7.10. The van der Waals surface area contributed by atoms with Gasteiger partial charge in [0.15, 0.2) is 0 Å². The summed E-state index contributed by atoms with van der Waals surface area (Å²) in [5, 5.41) is 0. The minimum Gasteiger partial charge on any atom is -0.300 e. The molecule has 0 amide bonds. The molecule has 0 aliphatic rings. The van der Waals surface area contributed by atoms with Gasteiger partial charge in [-0.2, -0.15) is 11.8 Å². The second-order valence-electron chi connectivity index (χ2n) is 2.74. The monoisotopic (exact) mass is 174 g/mol. The van der Waals surface area contributed by atoms with Gasteiger partial charge >= 0.3 is 0 Å². The fourth-order valence-electron chi connectivity index (χ4n) is 0.913. The van der Waals surface area contributed by atoms with Crippen molar-refractivity contribution in [2.24, 2.45) is 0 Å². The van der Waals surface area contributed by atoms with E-state index in [-0.39, 0.29) is 0 Å². The molecule has 0 unspecified atom stereocenters. The molecular weight excluding hydrogens is 156 g/mol. The van der Waals surface area contributed by atoms with Gasteiger partial charge in [0.1, 0.15) is 5.78 Å². The fourth-order valence-corrected chi connectivity index (χ4v) is 1.34. The van der Waals surface area contributed by atoms with Gasteiger partial charge in [-0.05, 0) is 18.4 Å². The summed E-state index contributed by atoms with van der Waals surface area (Å²) in [6.45, 7) is 2.16. The lowest BCUT2D eigenvalue weighted by Gasteiger charge is -1.97. The third-order valence-corrected chi connectivity index (χ3v) is 2.26. The lowest BCUT2D eigenvalue weighted by molar-refractivity contribution is -0.118. The fraction of sp³-hybridized carbons (Fsp3) is 0.889. The van der Waals surface area contributed by atoms with Gasteiger partial charge in [0, 0.05) is 12.8 Å². The minimum atomic E-state index is 0.438. The van der Waals surface area contributed by atoms with Gasteiger partial charge in [-0.15, -0.1) is 0 Å². The lowest BCUT2D eigenvalue weighted by Crippen LogP contribution is -1.98. The molecule has 2 heteroatoms. The maximum Gasteiger partial charge on any atom is 0.133 e. The zero-order valence-electron chi connectivity index (χ0n) is 7.56. The first-order chi connectivity index (χ1) is 5.31. The Morgan fingerprint density at radius 1 is 1.27 bits per heavy atom. The van der Waals surface area contributed by atoms with Crippen LogP contribution >= 0.6 is 11.8 Å². The van der Waals surface area contributed by atoms with Crippen molar-refractivity contribution in [3.8, 4) is 0 Å². The Bertz CT molecular complexity index is 102. The maximum atomic E-state index is 11.1. The molecule has 0 fully saturated rings. The summed E-state index contributed by atoms with van der Waals surface area (Å²) < 4.78 is 0. The molecule has 0 N–H and O–H groups in total. The van der Waals surface area contributed by atoms with Gasteiger partial charge in [0.2, 0.25) is 0 Å². The third kappa shape index (κ3) is 7.92. The number of unbranched alkanes of at least 4 members (excludes halogenated alkanes) is 2. The number of rotatable bonds is 7. The molecule has 11 heavy (non-hydrogen) atoms. The lowest BCUT2D eigenvalue weighted by atomic mass is 10.1. The van der Waals surface area contributed by atoms with E-state index < -0.39 is 0 Å². The average Bonchev–Trinajstić information content (AvgIpc) is 2.01. The zero-order valence-corrected chi connectivity index (χ0v) is 8.38. The Hall–Kier alpha value is 0.0200. The molecule has 0 aromatic carbocycles. The van der Waals surface area contributed by atoms with E-state index in [0.717, 1.165) is 25.0 Å².